The molecule has 2 atom stereocenters. The maximum Gasteiger partial charge on any atom is 0.207 e. The van der Waals surface area contributed by atoms with Gasteiger partial charge < -0.3 is 10.1 Å². The van der Waals surface area contributed by atoms with E-state index in [2.05, 4.69) is 49.8 Å². The van der Waals surface area contributed by atoms with Crippen molar-refractivity contribution < 1.29 is 4.74 Å². The monoisotopic (exact) mass is 356 g/mol. The fourth-order valence-corrected chi connectivity index (χ4v) is 3.55. The van der Waals surface area contributed by atoms with Crippen molar-refractivity contribution in [2.75, 3.05) is 18.2 Å². The van der Waals surface area contributed by atoms with Gasteiger partial charge >= 0.3 is 0 Å². The summed E-state index contributed by atoms with van der Waals surface area (Å²) in [4.78, 5) is 9.10. The summed E-state index contributed by atoms with van der Waals surface area (Å²) in [5, 5.41) is 15.2. The molecule has 0 saturated heterocycles. The lowest BCUT2D eigenvalue weighted by molar-refractivity contribution is 0.414. The number of aromatic nitrogens is 5. The predicted octanol–water partition coefficient (Wildman–Crippen LogP) is 3.23. The molecule has 7 nitrogen and oxygen atoms in total. The van der Waals surface area contributed by atoms with Gasteiger partial charge in [-0.2, -0.15) is 15.3 Å². The number of ether oxygens (including phenoxy) is 1. The summed E-state index contributed by atoms with van der Waals surface area (Å²) >= 11 is 1.64. The molecule has 0 bridgehead atoms. The zero-order valence-electron chi connectivity index (χ0n) is 14.2. The van der Waals surface area contributed by atoms with Gasteiger partial charge in [-0.15, -0.1) is 5.10 Å². The molecule has 2 heterocycles. The molecule has 2 N–H and O–H groups in total. The number of benzene rings is 1. The Labute approximate surface area is 150 Å². The highest BCUT2D eigenvalue weighted by atomic mass is 32.2. The Hall–Kier alpha value is -2.35. The number of nitrogens with zero attached hydrogens (tertiary/aromatic N) is 4. The number of thioether (sulfide) groups is 1. The summed E-state index contributed by atoms with van der Waals surface area (Å²) in [6, 6.07) is 8.58. The van der Waals surface area contributed by atoms with Crippen LogP contribution in [0.2, 0.25) is 0 Å². The molecule has 4 rings (SSSR count). The van der Waals surface area contributed by atoms with Gasteiger partial charge in [-0.3, -0.25) is 0 Å². The van der Waals surface area contributed by atoms with Crippen molar-refractivity contribution in [3.63, 3.8) is 0 Å². The molecular formula is C17H20N6OS. The fraction of sp³-hybridized carbons (Fsp3) is 0.412. The molecule has 0 radical (unpaired) electrons. The third-order valence-electron chi connectivity index (χ3n) is 4.23. The third-order valence-corrected chi connectivity index (χ3v) is 5.29. The minimum Gasteiger partial charge on any atom is -0.497 e. The van der Waals surface area contributed by atoms with Crippen molar-refractivity contribution in [2.24, 2.45) is 0 Å². The number of methoxy groups -OCH3 is 1. The summed E-state index contributed by atoms with van der Waals surface area (Å²) < 4.78 is 5.32. The van der Waals surface area contributed by atoms with Crippen molar-refractivity contribution >= 4 is 28.7 Å². The van der Waals surface area contributed by atoms with Gasteiger partial charge in [0.1, 0.15) is 5.75 Å². The van der Waals surface area contributed by atoms with E-state index < -0.39 is 0 Å². The summed E-state index contributed by atoms with van der Waals surface area (Å²) in [6.07, 6.45) is 2.14. The minimum absolute atomic E-state index is 0.339. The Bertz CT molecular complexity index is 882. The Morgan fingerprint density at radius 3 is 3.08 bits per heavy atom. The fourth-order valence-electron chi connectivity index (χ4n) is 2.86. The van der Waals surface area contributed by atoms with Crippen LogP contribution < -0.4 is 10.1 Å². The minimum atomic E-state index is 0.339. The molecule has 1 aromatic carbocycles. The summed E-state index contributed by atoms with van der Waals surface area (Å²) in [6.45, 7) is 2.14. The Morgan fingerprint density at radius 2 is 2.24 bits per heavy atom. The second kappa shape index (κ2) is 6.87. The zero-order valence-corrected chi connectivity index (χ0v) is 15.0. The summed E-state index contributed by atoms with van der Waals surface area (Å²) in [5.41, 5.74) is 2.58. The van der Waals surface area contributed by atoms with E-state index in [1.807, 2.05) is 12.1 Å². The van der Waals surface area contributed by atoms with E-state index in [4.69, 9.17) is 4.74 Å². The second-order valence-corrected chi connectivity index (χ2v) is 7.13. The number of hydrogen-bond donors (Lipinski definition) is 2. The number of H-pyrrole nitrogens is 1. The molecule has 0 aliphatic heterocycles. The van der Waals surface area contributed by atoms with Gasteiger partial charge in [-0.05, 0) is 30.5 Å². The van der Waals surface area contributed by atoms with Crippen LogP contribution in [0.5, 0.6) is 5.75 Å². The zero-order chi connectivity index (χ0) is 17.2. The average molecular weight is 356 g/mol. The summed E-state index contributed by atoms with van der Waals surface area (Å²) in [7, 11) is 1.69. The largest absolute Gasteiger partial charge is 0.497 e. The van der Waals surface area contributed by atoms with Crippen molar-refractivity contribution in [3.8, 4) is 5.75 Å². The molecule has 1 saturated carbocycles. The smallest absolute Gasteiger partial charge is 0.207 e. The van der Waals surface area contributed by atoms with Gasteiger partial charge in [0.05, 0.1) is 7.11 Å². The van der Waals surface area contributed by atoms with Crippen LogP contribution in [0.15, 0.2) is 29.4 Å². The van der Waals surface area contributed by atoms with E-state index in [0.717, 1.165) is 35.3 Å². The Kier molecular flexibility index (Phi) is 4.44. The molecular weight excluding hydrogens is 336 g/mol. The highest BCUT2D eigenvalue weighted by molar-refractivity contribution is 7.99. The lowest BCUT2D eigenvalue weighted by Crippen LogP contribution is -2.08. The maximum absolute atomic E-state index is 5.32. The first-order valence-electron chi connectivity index (χ1n) is 8.40. The lowest BCUT2D eigenvalue weighted by Gasteiger charge is -2.08. The van der Waals surface area contributed by atoms with Crippen molar-refractivity contribution in [3.05, 3.63) is 29.8 Å². The van der Waals surface area contributed by atoms with Crippen LogP contribution in [0, 0.1) is 0 Å². The van der Waals surface area contributed by atoms with Crippen LogP contribution in [-0.2, 0) is 0 Å². The van der Waals surface area contributed by atoms with Crippen LogP contribution in [0.4, 0.5) is 5.82 Å². The van der Waals surface area contributed by atoms with Gasteiger partial charge in [-0.25, -0.2) is 4.98 Å². The topological polar surface area (TPSA) is 88.6 Å². The van der Waals surface area contributed by atoms with Crippen LogP contribution in [0.1, 0.15) is 31.2 Å². The van der Waals surface area contributed by atoms with Gasteiger partial charge in [0.25, 0.3) is 0 Å². The first-order chi connectivity index (χ1) is 12.3. The maximum atomic E-state index is 5.32. The van der Waals surface area contributed by atoms with Crippen molar-refractivity contribution in [1.29, 1.82) is 0 Å². The summed E-state index contributed by atoms with van der Waals surface area (Å²) in [5.74, 6) is 3.09. The molecule has 3 aromatic rings. The van der Waals surface area contributed by atoms with Crippen molar-refractivity contribution in [1.82, 2.24) is 25.4 Å². The molecule has 2 unspecified atom stereocenters. The first kappa shape index (κ1) is 16.1. The van der Waals surface area contributed by atoms with Gasteiger partial charge in [0.2, 0.25) is 5.65 Å². The number of fused-ring (bicyclic) bond motifs is 1. The van der Waals surface area contributed by atoms with E-state index in [1.54, 1.807) is 18.9 Å². The van der Waals surface area contributed by atoms with E-state index in [1.165, 1.54) is 5.56 Å². The molecule has 1 aliphatic rings. The van der Waals surface area contributed by atoms with E-state index in [9.17, 15) is 0 Å². The lowest BCUT2D eigenvalue weighted by atomic mass is 10.1. The standard InChI is InChI=1S/C17H20N6OS/c1-3-7-25-17-19-15(14-16(20-17)22-23-21-14)18-13-9-12(13)10-5-4-6-11(8-10)24-2/h4-6,8,12-13H,3,7,9H2,1-2H3,(H2,18,19,20,21,22,23). The second-order valence-electron chi connectivity index (χ2n) is 6.07. The van der Waals surface area contributed by atoms with Gasteiger partial charge in [0, 0.05) is 17.7 Å². The SMILES string of the molecule is CCCSc1nc(NC2CC2c2cccc(OC)c2)c2n[nH]nc2n1. The van der Waals surface area contributed by atoms with Crippen LogP contribution >= 0.6 is 11.8 Å². The van der Waals surface area contributed by atoms with E-state index in [0.29, 0.717) is 23.1 Å². The van der Waals surface area contributed by atoms with Gasteiger partial charge in [-0.1, -0.05) is 30.8 Å². The molecule has 0 amide bonds. The Morgan fingerprint density at radius 1 is 1.32 bits per heavy atom. The number of hydrogen-bond acceptors (Lipinski definition) is 7. The number of aromatic amines is 1. The first-order valence-corrected chi connectivity index (χ1v) is 9.39. The number of nitrogens with one attached hydrogen (secondary N) is 2. The van der Waals surface area contributed by atoms with Crippen LogP contribution in [0.25, 0.3) is 11.2 Å². The van der Waals surface area contributed by atoms with E-state index >= 15 is 0 Å². The molecule has 1 fully saturated rings. The van der Waals surface area contributed by atoms with Gasteiger partial charge in [0.15, 0.2) is 16.5 Å². The molecule has 2 aromatic heterocycles. The Balaban J connectivity index is 1.54. The highest BCUT2D eigenvalue weighted by Gasteiger charge is 2.39. The number of anilines is 1. The molecule has 1 aliphatic carbocycles. The average Bonchev–Trinajstić information content (AvgIpc) is 3.24. The normalized spacial score (nSPS) is 19.1. The predicted molar refractivity (Wildman–Crippen MR) is 98.3 cm³/mol. The molecule has 0 spiro atoms. The molecule has 25 heavy (non-hydrogen) atoms. The van der Waals surface area contributed by atoms with Crippen molar-refractivity contribution in [2.45, 2.75) is 36.9 Å². The van der Waals surface area contributed by atoms with Crippen LogP contribution in [-0.4, -0.2) is 44.3 Å². The quantitative estimate of drug-likeness (QED) is 0.496. The molecule has 130 valence electrons. The van der Waals surface area contributed by atoms with E-state index in [-0.39, 0.29) is 0 Å². The highest BCUT2D eigenvalue weighted by Crippen LogP contribution is 2.44. The third kappa shape index (κ3) is 3.39. The van der Waals surface area contributed by atoms with Crippen LogP contribution in [0.3, 0.4) is 0 Å². The molecule has 8 heteroatoms. The number of rotatable bonds is 7.